The lowest BCUT2D eigenvalue weighted by molar-refractivity contribution is 0.415. The molecule has 1 aliphatic carbocycles. The molecule has 1 aliphatic rings. The lowest BCUT2D eigenvalue weighted by Gasteiger charge is -2.21. The van der Waals surface area contributed by atoms with Crippen LogP contribution in [0.4, 0.5) is 5.95 Å². The van der Waals surface area contributed by atoms with Crippen molar-refractivity contribution in [3.8, 4) is 28.3 Å². The summed E-state index contributed by atoms with van der Waals surface area (Å²) in [6, 6.07) is 16.3. The Bertz CT molecular complexity index is 872. The van der Waals surface area contributed by atoms with Crippen molar-refractivity contribution in [2.24, 2.45) is 0 Å². The molecule has 0 aliphatic heterocycles. The van der Waals surface area contributed by atoms with Crippen molar-refractivity contribution in [2.45, 2.75) is 12.8 Å². The second kappa shape index (κ2) is 5.39. The number of aryl methyl sites for hydroxylation is 1. The molecule has 0 fully saturated rings. The van der Waals surface area contributed by atoms with E-state index < -0.39 is 0 Å². The van der Waals surface area contributed by atoms with Gasteiger partial charge in [-0.2, -0.15) is 0 Å². The van der Waals surface area contributed by atoms with Crippen molar-refractivity contribution in [3.63, 3.8) is 0 Å². The van der Waals surface area contributed by atoms with E-state index in [1.807, 2.05) is 30.3 Å². The SMILES string of the molecule is COc1ccc(-c2nc(N)nc3c2CCc2ccccc2-3)cc1. The summed E-state index contributed by atoms with van der Waals surface area (Å²) in [6.45, 7) is 0. The van der Waals surface area contributed by atoms with E-state index in [1.165, 1.54) is 11.1 Å². The van der Waals surface area contributed by atoms with Gasteiger partial charge in [0.1, 0.15) is 5.75 Å². The lowest BCUT2D eigenvalue weighted by atomic mass is 9.87. The van der Waals surface area contributed by atoms with Gasteiger partial charge >= 0.3 is 0 Å². The zero-order valence-corrected chi connectivity index (χ0v) is 12.9. The molecule has 0 spiro atoms. The molecule has 4 heteroatoms. The molecule has 0 saturated carbocycles. The Labute approximate surface area is 135 Å². The quantitative estimate of drug-likeness (QED) is 0.787. The maximum atomic E-state index is 5.99. The van der Waals surface area contributed by atoms with Crippen molar-refractivity contribution in [1.82, 2.24) is 9.97 Å². The average molecular weight is 303 g/mol. The summed E-state index contributed by atoms with van der Waals surface area (Å²) in [5.41, 5.74) is 12.6. The van der Waals surface area contributed by atoms with Gasteiger partial charge in [0.25, 0.3) is 0 Å². The highest BCUT2D eigenvalue weighted by molar-refractivity contribution is 5.78. The number of methoxy groups -OCH3 is 1. The van der Waals surface area contributed by atoms with Crippen LogP contribution in [-0.4, -0.2) is 17.1 Å². The molecule has 0 amide bonds. The highest BCUT2D eigenvalue weighted by Gasteiger charge is 2.22. The predicted octanol–water partition coefficient (Wildman–Crippen LogP) is 3.50. The normalized spacial score (nSPS) is 12.4. The second-order valence-electron chi connectivity index (χ2n) is 5.64. The molecule has 0 unspecified atom stereocenters. The van der Waals surface area contributed by atoms with Crippen LogP contribution in [0.1, 0.15) is 11.1 Å². The predicted molar refractivity (Wildman–Crippen MR) is 91.3 cm³/mol. The number of aromatic nitrogens is 2. The largest absolute Gasteiger partial charge is 0.497 e. The summed E-state index contributed by atoms with van der Waals surface area (Å²) >= 11 is 0. The molecular weight excluding hydrogens is 286 g/mol. The maximum Gasteiger partial charge on any atom is 0.221 e. The van der Waals surface area contributed by atoms with E-state index in [1.54, 1.807) is 7.11 Å². The van der Waals surface area contributed by atoms with Crippen LogP contribution in [0.15, 0.2) is 48.5 Å². The van der Waals surface area contributed by atoms with E-state index >= 15 is 0 Å². The molecule has 3 aromatic rings. The van der Waals surface area contributed by atoms with E-state index in [9.17, 15) is 0 Å². The Morgan fingerprint density at radius 1 is 0.913 bits per heavy atom. The third-order valence-electron chi connectivity index (χ3n) is 4.30. The third-order valence-corrected chi connectivity index (χ3v) is 4.30. The van der Waals surface area contributed by atoms with Crippen LogP contribution < -0.4 is 10.5 Å². The Kier molecular flexibility index (Phi) is 3.23. The van der Waals surface area contributed by atoms with Crippen LogP contribution in [-0.2, 0) is 12.8 Å². The van der Waals surface area contributed by atoms with Crippen molar-refractivity contribution in [3.05, 3.63) is 59.7 Å². The number of nitrogen functional groups attached to an aromatic ring is 1. The van der Waals surface area contributed by atoms with Crippen molar-refractivity contribution >= 4 is 5.95 Å². The van der Waals surface area contributed by atoms with Crippen LogP contribution in [0.2, 0.25) is 0 Å². The summed E-state index contributed by atoms with van der Waals surface area (Å²) in [5, 5.41) is 0. The fraction of sp³-hybridized carbons (Fsp3) is 0.158. The highest BCUT2D eigenvalue weighted by atomic mass is 16.5. The Morgan fingerprint density at radius 2 is 1.65 bits per heavy atom. The van der Waals surface area contributed by atoms with Crippen molar-refractivity contribution in [2.75, 3.05) is 12.8 Å². The molecule has 0 saturated heterocycles. The average Bonchev–Trinajstić information content (AvgIpc) is 2.61. The molecule has 2 N–H and O–H groups in total. The number of anilines is 1. The zero-order chi connectivity index (χ0) is 15.8. The van der Waals surface area contributed by atoms with E-state index in [-0.39, 0.29) is 0 Å². The Balaban J connectivity index is 1.91. The van der Waals surface area contributed by atoms with Gasteiger partial charge in [-0.1, -0.05) is 24.3 Å². The van der Waals surface area contributed by atoms with Gasteiger partial charge in [0, 0.05) is 16.7 Å². The first-order chi connectivity index (χ1) is 11.3. The molecule has 1 aromatic heterocycles. The molecule has 1 heterocycles. The van der Waals surface area contributed by atoms with Crippen LogP contribution in [0.3, 0.4) is 0 Å². The van der Waals surface area contributed by atoms with Crippen molar-refractivity contribution < 1.29 is 4.74 Å². The summed E-state index contributed by atoms with van der Waals surface area (Å²) in [7, 11) is 1.66. The first-order valence-electron chi connectivity index (χ1n) is 7.65. The maximum absolute atomic E-state index is 5.99. The monoisotopic (exact) mass is 303 g/mol. The topological polar surface area (TPSA) is 61.0 Å². The van der Waals surface area contributed by atoms with Crippen LogP contribution in [0, 0.1) is 0 Å². The first-order valence-corrected chi connectivity index (χ1v) is 7.65. The first kappa shape index (κ1) is 13.8. The molecule has 114 valence electrons. The summed E-state index contributed by atoms with van der Waals surface area (Å²) in [5.74, 6) is 1.14. The Morgan fingerprint density at radius 3 is 2.43 bits per heavy atom. The number of nitrogens with zero attached hydrogens (tertiary/aromatic N) is 2. The minimum absolute atomic E-state index is 0.311. The number of ether oxygens (including phenoxy) is 1. The molecule has 23 heavy (non-hydrogen) atoms. The van der Waals surface area contributed by atoms with Gasteiger partial charge in [-0.15, -0.1) is 0 Å². The molecule has 0 atom stereocenters. The Hall–Kier alpha value is -2.88. The second-order valence-corrected chi connectivity index (χ2v) is 5.64. The number of benzene rings is 2. The van der Waals surface area contributed by atoms with Gasteiger partial charge in [0.05, 0.1) is 18.5 Å². The van der Waals surface area contributed by atoms with E-state index in [4.69, 9.17) is 10.5 Å². The van der Waals surface area contributed by atoms with Crippen LogP contribution in [0.25, 0.3) is 22.5 Å². The van der Waals surface area contributed by atoms with Gasteiger partial charge in [0.15, 0.2) is 0 Å². The fourth-order valence-electron chi connectivity index (χ4n) is 3.18. The fourth-order valence-corrected chi connectivity index (χ4v) is 3.18. The standard InChI is InChI=1S/C19H17N3O/c1-23-14-9-6-13(7-10-14)17-16-11-8-12-4-2-3-5-15(12)18(16)22-19(20)21-17/h2-7,9-10H,8,11H2,1H3,(H2,20,21,22). The van der Waals surface area contributed by atoms with Crippen LogP contribution in [0.5, 0.6) is 5.75 Å². The van der Waals surface area contributed by atoms with Gasteiger partial charge in [-0.3, -0.25) is 0 Å². The van der Waals surface area contributed by atoms with Crippen LogP contribution >= 0.6 is 0 Å². The molecular formula is C19H17N3O. The van der Waals surface area contributed by atoms with Gasteiger partial charge in [-0.05, 0) is 42.7 Å². The number of hydrogen-bond acceptors (Lipinski definition) is 4. The summed E-state index contributed by atoms with van der Waals surface area (Å²) < 4.78 is 5.23. The third kappa shape index (κ3) is 2.32. The molecule has 4 rings (SSSR count). The molecule has 0 radical (unpaired) electrons. The van der Waals surface area contributed by atoms with E-state index in [0.29, 0.717) is 5.95 Å². The number of nitrogens with two attached hydrogens (primary N) is 1. The van der Waals surface area contributed by atoms with Gasteiger partial charge in [-0.25, -0.2) is 9.97 Å². The number of rotatable bonds is 2. The minimum atomic E-state index is 0.311. The van der Waals surface area contributed by atoms with Gasteiger partial charge < -0.3 is 10.5 Å². The smallest absolute Gasteiger partial charge is 0.221 e. The zero-order valence-electron chi connectivity index (χ0n) is 12.9. The number of hydrogen-bond donors (Lipinski definition) is 1. The molecule has 4 nitrogen and oxygen atoms in total. The lowest BCUT2D eigenvalue weighted by Crippen LogP contribution is -2.11. The minimum Gasteiger partial charge on any atom is -0.497 e. The summed E-state index contributed by atoms with van der Waals surface area (Å²) in [6.07, 6.45) is 1.92. The van der Waals surface area contributed by atoms with E-state index in [2.05, 4.69) is 28.2 Å². The number of fused-ring (bicyclic) bond motifs is 3. The van der Waals surface area contributed by atoms with E-state index in [0.717, 1.165) is 41.1 Å². The highest BCUT2D eigenvalue weighted by Crippen LogP contribution is 2.37. The summed E-state index contributed by atoms with van der Waals surface area (Å²) in [4.78, 5) is 9.03. The van der Waals surface area contributed by atoms with Gasteiger partial charge in [0.2, 0.25) is 5.95 Å². The molecule has 0 bridgehead atoms. The van der Waals surface area contributed by atoms with Crippen molar-refractivity contribution in [1.29, 1.82) is 0 Å². The molecule has 2 aromatic carbocycles.